The lowest BCUT2D eigenvalue weighted by molar-refractivity contribution is 0.0281. The molecular weight excluding hydrogens is 276 g/mol. The van der Waals surface area contributed by atoms with Crippen molar-refractivity contribution in [3.05, 3.63) is 59.4 Å². The fourth-order valence-corrected chi connectivity index (χ4v) is 2.21. The van der Waals surface area contributed by atoms with Crippen LogP contribution in [-0.4, -0.2) is 17.2 Å². The fourth-order valence-electron chi connectivity index (χ4n) is 2.21. The van der Waals surface area contributed by atoms with Crippen LogP contribution in [0, 0.1) is 11.6 Å². The molecule has 0 radical (unpaired) electrons. The zero-order chi connectivity index (χ0) is 15.5. The molecule has 2 rings (SSSR count). The Kier molecular flexibility index (Phi) is 4.53. The Morgan fingerprint density at radius 3 is 2.52 bits per heavy atom. The van der Waals surface area contributed by atoms with E-state index in [-0.39, 0.29) is 12.2 Å². The van der Waals surface area contributed by atoms with E-state index >= 15 is 0 Å². The molecule has 0 saturated heterocycles. The van der Waals surface area contributed by atoms with Crippen molar-refractivity contribution in [1.29, 1.82) is 0 Å². The van der Waals surface area contributed by atoms with E-state index in [0.29, 0.717) is 17.7 Å². The normalized spacial score (nSPS) is 13.8. The highest BCUT2D eigenvalue weighted by Crippen LogP contribution is 2.29. The van der Waals surface area contributed by atoms with E-state index in [1.54, 1.807) is 13.0 Å². The second-order valence-electron chi connectivity index (χ2n) is 4.89. The summed E-state index contributed by atoms with van der Waals surface area (Å²) in [5, 5.41) is 10.7. The summed E-state index contributed by atoms with van der Waals surface area (Å²) in [5.74, 6) is -0.799. The third-order valence-electron chi connectivity index (χ3n) is 3.50. The zero-order valence-corrected chi connectivity index (χ0v) is 11.9. The van der Waals surface area contributed by atoms with Crippen molar-refractivity contribution in [1.82, 2.24) is 4.98 Å². The van der Waals surface area contributed by atoms with Gasteiger partial charge in [0, 0.05) is 6.42 Å². The number of hydrogen-bond donors (Lipinski definition) is 1. The number of methoxy groups -OCH3 is 1. The topological polar surface area (TPSA) is 42.4 Å². The Morgan fingerprint density at radius 1 is 1.24 bits per heavy atom. The highest BCUT2D eigenvalue weighted by atomic mass is 19.1. The molecule has 5 heteroatoms. The van der Waals surface area contributed by atoms with Gasteiger partial charge in [0.25, 0.3) is 0 Å². The molecular formula is C16H17F2NO2. The molecule has 0 aliphatic heterocycles. The molecule has 1 aromatic heterocycles. The molecule has 1 atom stereocenters. The number of benzene rings is 1. The Balaban J connectivity index is 2.29. The minimum absolute atomic E-state index is 0.152. The minimum Gasteiger partial charge on any atom is -0.494 e. The third-order valence-corrected chi connectivity index (χ3v) is 3.50. The summed E-state index contributed by atoms with van der Waals surface area (Å²) in [5.41, 5.74) is -0.291. The van der Waals surface area contributed by atoms with E-state index in [2.05, 4.69) is 4.98 Å². The second kappa shape index (κ2) is 6.18. The Hall–Kier alpha value is -2.01. The number of aliphatic hydroxyl groups is 1. The first-order chi connectivity index (χ1) is 9.98. The first kappa shape index (κ1) is 15.4. The Labute approximate surface area is 122 Å². The van der Waals surface area contributed by atoms with Crippen molar-refractivity contribution in [2.24, 2.45) is 0 Å². The van der Waals surface area contributed by atoms with E-state index < -0.39 is 17.2 Å². The van der Waals surface area contributed by atoms with Crippen LogP contribution in [0.3, 0.4) is 0 Å². The van der Waals surface area contributed by atoms with Crippen LogP contribution in [0.15, 0.2) is 36.5 Å². The molecule has 112 valence electrons. The Morgan fingerprint density at radius 2 is 2.00 bits per heavy atom. The van der Waals surface area contributed by atoms with E-state index in [0.717, 1.165) is 6.20 Å². The molecule has 1 unspecified atom stereocenters. The summed E-state index contributed by atoms with van der Waals surface area (Å²) < 4.78 is 31.5. The maximum Gasteiger partial charge on any atom is 0.165 e. The summed E-state index contributed by atoms with van der Waals surface area (Å²) in [7, 11) is 1.39. The average molecular weight is 293 g/mol. The van der Waals surface area contributed by atoms with Crippen LogP contribution >= 0.6 is 0 Å². The quantitative estimate of drug-likeness (QED) is 0.920. The maximum absolute atomic E-state index is 13.7. The third kappa shape index (κ3) is 3.36. The fraction of sp³-hybridized carbons (Fsp3) is 0.312. The SMILES string of the molecule is CCC(O)(Cc1ccc(OC)c(F)c1)c1ccc(F)cn1. The van der Waals surface area contributed by atoms with Gasteiger partial charge in [-0.05, 0) is 36.2 Å². The van der Waals surface area contributed by atoms with E-state index in [1.165, 1.54) is 31.4 Å². The largest absolute Gasteiger partial charge is 0.494 e. The van der Waals surface area contributed by atoms with Gasteiger partial charge in [0.15, 0.2) is 11.6 Å². The first-order valence-corrected chi connectivity index (χ1v) is 6.65. The highest BCUT2D eigenvalue weighted by Gasteiger charge is 2.29. The lowest BCUT2D eigenvalue weighted by Crippen LogP contribution is -2.29. The van der Waals surface area contributed by atoms with Gasteiger partial charge in [-0.25, -0.2) is 8.78 Å². The summed E-state index contributed by atoms with van der Waals surface area (Å²) in [4.78, 5) is 3.93. The summed E-state index contributed by atoms with van der Waals surface area (Å²) in [6.07, 6.45) is 1.62. The molecule has 0 bridgehead atoms. The number of halogens is 2. The highest BCUT2D eigenvalue weighted by molar-refractivity contribution is 5.31. The molecule has 1 heterocycles. The van der Waals surface area contributed by atoms with Gasteiger partial charge in [-0.1, -0.05) is 13.0 Å². The Bertz CT molecular complexity index is 616. The number of rotatable bonds is 5. The van der Waals surface area contributed by atoms with E-state index in [1.807, 2.05) is 0 Å². The molecule has 1 N–H and O–H groups in total. The van der Waals surface area contributed by atoms with Gasteiger partial charge in [-0.15, -0.1) is 0 Å². The molecule has 21 heavy (non-hydrogen) atoms. The van der Waals surface area contributed by atoms with Crippen LogP contribution in [0.4, 0.5) is 8.78 Å². The average Bonchev–Trinajstić information content (AvgIpc) is 2.48. The summed E-state index contributed by atoms with van der Waals surface area (Å²) in [6.45, 7) is 1.80. The van der Waals surface area contributed by atoms with Crippen LogP contribution in [0.1, 0.15) is 24.6 Å². The second-order valence-corrected chi connectivity index (χ2v) is 4.89. The van der Waals surface area contributed by atoms with Gasteiger partial charge in [0.1, 0.15) is 11.4 Å². The summed E-state index contributed by atoms with van der Waals surface area (Å²) in [6, 6.07) is 7.21. The lowest BCUT2D eigenvalue weighted by atomic mass is 9.88. The molecule has 3 nitrogen and oxygen atoms in total. The molecule has 0 saturated carbocycles. The van der Waals surface area contributed by atoms with Crippen molar-refractivity contribution >= 4 is 0 Å². The van der Waals surface area contributed by atoms with Crippen molar-refractivity contribution in [3.63, 3.8) is 0 Å². The molecule has 0 spiro atoms. The number of hydrogen-bond acceptors (Lipinski definition) is 3. The van der Waals surface area contributed by atoms with Gasteiger partial charge in [-0.3, -0.25) is 4.98 Å². The first-order valence-electron chi connectivity index (χ1n) is 6.65. The van der Waals surface area contributed by atoms with Crippen molar-refractivity contribution in [3.8, 4) is 5.75 Å². The van der Waals surface area contributed by atoms with Gasteiger partial charge in [0.05, 0.1) is 19.0 Å². The molecule has 0 fully saturated rings. The van der Waals surface area contributed by atoms with Gasteiger partial charge >= 0.3 is 0 Å². The number of pyridine rings is 1. The zero-order valence-electron chi connectivity index (χ0n) is 11.9. The van der Waals surface area contributed by atoms with Gasteiger partial charge < -0.3 is 9.84 Å². The molecule has 0 amide bonds. The minimum atomic E-state index is -1.27. The summed E-state index contributed by atoms with van der Waals surface area (Å²) >= 11 is 0. The molecule has 2 aromatic rings. The maximum atomic E-state index is 13.7. The number of aromatic nitrogens is 1. The van der Waals surface area contributed by atoms with Crippen LogP contribution in [-0.2, 0) is 12.0 Å². The predicted molar refractivity (Wildman–Crippen MR) is 75.0 cm³/mol. The monoisotopic (exact) mass is 293 g/mol. The van der Waals surface area contributed by atoms with E-state index in [4.69, 9.17) is 4.74 Å². The molecule has 0 aliphatic rings. The van der Waals surface area contributed by atoms with Crippen molar-refractivity contribution < 1.29 is 18.6 Å². The van der Waals surface area contributed by atoms with Gasteiger partial charge in [0.2, 0.25) is 0 Å². The van der Waals surface area contributed by atoms with Crippen LogP contribution in [0.25, 0.3) is 0 Å². The van der Waals surface area contributed by atoms with Crippen molar-refractivity contribution in [2.45, 2.75) is 25.4 Å². The van der Waals surface area contributed by atoms with Crippen LogP contribution in [0.2, 0.25) is 0 Å². The number of ether oxygens (including phenoxy) is 1. The van der Waals surface area contributed by atoms with Crippen molar-refractivity contribution in [2.75, 3.05) is 7.11 Å². The van der Waals surface area contributed by atoms with E-state index in [9.17, 15) is 13.9 Å². The lowest BCUT2D eigenvalue weighted by Gasteiger charge is -2.26. The van der Waals surface area contributed by atoms with Crippen LogP contribution in [0.5, 0.6) is 5.75 Å². The van der Waals surface area contributed by atoms with Gasteiger partial charge in [-0.2, -0.15) is 0 Å². The van der Waals surface area contributed by atoms with Crippen LogP contribution < -0.4 is 4.74 Å². The predicted octanol–water partition coefficient (Wildman–Crippen LogP) is 3.21. The smallest absolute Gasteiger partial charge is 0.165 e. The standard InChI is InChI=1S/C16H17F2NO2/c1-3-16(20,15-7-5-12(17)10-19-15)9-11-4-6-14(21-2)13(18)8-11/h4-8,10,20H,3,9H2,1-2H3. The molecule has 1 aromatic carbocycles. The number of nitrogens with zero attached hydrogens (tertiary/aromatic N) is 1. The molecule has 0 aliphatic carbocycles.